The molecule has 0 spiro atoms. The molecule has 0 bridgehead atoms. The molecule has 1 heterocycles. The van der Waals surface area contributed by atoms with Crippen LogP contribution < -0.4 is 14.2 Å². The quantitative estimate of drug-likeness (QED) is 0.932. The molecular weight excluding hydrogens is 263 g/mol. The predicted octanol–water partition coefficient (Wildman–Crippen LogP) is 2.67. The van der Waals surface area contributed by atoms with Gasteiger partial charge in [-0.3, -0.25) is 0 Å². The average molecular weight is 276 g/mol. The van der Waals surface area contributed by atoms with E-state index in [4.69, 9.17) is 14.2 Å². The number of halogens is 1. The number of fused-ring (bicyclic) bond motifs is 1. The van der Waals surface area contributed by atoms with Crippen LogP contribution in [0.25, 0.3) is 0 Å². The minimum absolute atomic E-state index is 0.0411. The van der Waals surface area contributed by atoms with Crippen LogP contribution in [-0.2, 0) is 0 Å². The maximum atomic E-state index is 13.4. The summed E-state index contributed by atoms with van der Waals surface area (Å²) in [6, 6.07) is 11.2. The molecule has 0 fully saturated rings. The molecule has 1 aliphatic heterocycles. The van der Waals surface area contributed by atoms with E-state index in [1.165, 1.54) is 12.1 Å². The van der Waals surface area contributed by atoms with Crippen LogP contribution in [-0.4, -0.2) is 18.5 Å². The Morgan fingerprint density at radius 1 is 1.15 bits per heavy atom. The van der Waals surface area contributed by atoms with Crippen LogP contribution in [0, 0.1) is 5.82 Å². The Morgan fingerprint density at radius 2 is 1.95 bits per heavy atom. The van der Waals surface area contributed by atoms with Gasteiger partial charge in [0.15, 0.2) is 23.1 Å². The smallest absolute Gasteiger partial charge is 0.231 e. The van der Waals surface area contributed by atoms with Crippen molar-refractivity contribution in [1.82, 2.24) is 0 Å². The number of ether oxygens (including phenoxy) is 3. The first-order chi connectivity index (χ1) is 9.74. The SMILES string of the molecule is OC(COc1ccccc1F)c1ccc2c(c1)OCO2. The second-order valence-electron chi connectivity index (χ2n) is 4.37. The molecule has 2 aromatic rings. The zero-order valence-electron chi connectivity index (χ0n) is 10.6. The lowest BCUT2D eigenvalue weighted by molar-refractivity contribution is 0.105. The molecule has 4 nitrogen and oxygen atoms in total. The van der Waals surface area contributed by atoms with E-state index in [1.54, 1.807) is 30.3 Å². The van der Waals surface area contributed by atoms with E-state index in [-0.39, 0.29) is 19.1 Å². The molecule has 0 amide bonds. The standard InChI is InChI=1S/C15H13FO4/c16-11-3-1-2-4-13(11)18-8-12(17)10-5-6-14-15(7-10)20-9-19-14/h1-7,12,17H,8-9H2. The topological polar surface area (TPSA) is 47.9 Å². The fourth-order valence-corrected chi connectivity index (χ4v) is 1.95. The third kappa shape index (κ3) is 2.53. The average Bonchev–Trinajstić information content (AvgIpc) is 2.93. The van der Waals surface area contributed by atoms with Crippen LogP contribution >= 0.6 is 0 Å². The van der Waals surface area contributed by atoms with Gasteiger partial charge in [0, 0.05) is 0 Å². The number of aliphatic hydroxyl groups excluding tert-OH is 1. The summed E-state index contributed by atoms with van der Waals surface area (Å²) in [7, 11) is 0. The second-order valence-corrected chi connectivity index (χ2v) is 4.37. The van der Waals surface area contributed by atoms with E-state index < -0.39 is 11.9 Å². The molecule has 2 aromatic carbocycles. The molecule has 1 aliphatic rings. The van der Waals surface area contributed by atoms with Crippen molar-refractivity contribution in [2.75, 3.05) is 13.4 Å². The van der Waals surface area contributed by atoms with Crippen molar-refractivity contribution in [1.29, 1.82) is 0 Å². The van der Waals surface area contributed by atoms with Gasteiger partial charge >= 0.3 is 0 Å². The lowest BCUT2D eigenvalue weighted by Gasteiger charge is -2.13. The molecule has 0 aliphatic carbocycles. The first-order valence-electron chi connectivity index (χ1n) is 6.19. The zero-order chi connectivity index (χ0) is 13.9. The summed E-state index contributed by atoms with van der Waals surface area (Å²) in [5.74, 6) is 0.904. The summed E-state index contributed by atoms with van der Waals surface area (Å²) in [5, 5.41) is 10.1. The highest BCUT2D eigenvalue weighted by Crippen LogP contribution is 2.34. The van der Waals surface area contributed by atoms with Crippen molar-refractivity contribution < 1.29 is 23.7 Å². The summed E-state index contributed by atoms with van der Waals surface area (Å²) in [5.41, 5.74) is 0.630. The second kappa shape index (κ2) is 5.38. The monoisotopic (exact) mass is 276 g/mol. The van der Waals surface area contributed by atoms with Crippen molar-refractivity contribution in [2.24, 2.45) is 0 Å². The first-order valence-corrected chi connectivity index (χ1v) is 6.19. The molecule has 3 rings (SSSR count). The lowest BCUT2D eigenvalue weighted by Crippen LogP contribution is -2.10. The molecule has 1 atom stereocenters. The molecule has 5 heteroatoms. The van der Waals surface area contributed by atoms with Gasteiger partial charge in [-0.2, -0.15) is 0 Å². The Kier molecular flexibility index (Phi) is 3.43. The highest BCUT2D eigenvalue weighted by atomic mass is 19.1. The van der Waals surface area contributed by atoms with Crippen LogP contribution in [0.3, 0.4) is 0 Å². The molecule has 0 aromatic heterocycles. The van der Waals surface area contributed by atoms with Gasteiger partial charge in [0.25, 0.3) is 0 Å². The van der Waals surface area contributed by atoms with Gasteiger partial charge in [-0.15, -0.1) is 0 Å². The van der Waals surface area contributed by atoms with Crippen LogP contribution in [0.2, 0.25) is 0 Å². The summed E-state index contributed by atoms with van der Waals surface area (Å²) < 4.78 is 29.1. The molecule has 1 unspecified atom stereocenters. The molecule has 1 N–H and O–H groups in total. The Labute approximate surface area is 115 Å². The summed E-state index contributed by atoms with van der Waals surface area (Å²) >= 11 is 0. The third-order valence-corrected chi connectivity index (χ3v) is 3.01. The van der Waals surface area contributed by atoms with E-state index in [0.717, 1.165) is 0 Å². The summed E-state index contributed by atoms with van der Waals surface area (Å²) in [6.07, 6.45) is -0.871. The fraction of sp³-hybridized carbons (Fsp3) is 0.200. The van der Waals surface area contributed by atoms with E-state index in [1.807, 2.05) is 0 Å². The Morgan fingerprint density at radius 3 is 2.80 bits per heavy atom. The van der Waals surface area contributed by atoms with Gasteiger partial charge in [0.1, 0.15) is 12.7 Å². The van der Waals surface area contributed by atoms with Crippen molar-refractivity contribution in [2.45, 2.75) is 6.10 Å². The van der Waals surface area contributed by atoms with Crippen molar-refractivity contribution in [3.05, 3.63) is 53.8 Å². The lowest BCUT2D eigenvalue weighted by atomic mass is 10.1. The van der Waals surface area contributed by atoms with Crippen LogP contribution in [0.4, 0.5) is 4.39 Å². The maximum Gasteiger partial charge on any atom is 0.231 e. The van der Waals surface area contributed by atoms with Crippen LogP contribution in [0.5, 0.6) is 17.2 Å². The highest BCUT2D eigenvalue weighted by molar-refractivity contribution is 5.45. The maximum absolute atomic E-state index is 13.4. The van der Waals surface area contributed by atoms with E-state index in [0.29, 0.717) is 17.1 Å². The first kappa shape index (κ1) is 12.7. The van der Waals surface area contributed by atoms with Crippen LogP contribution in [0.1, 0.15) is 11.7 Å². The van der Waals surface area contributed by atoms with Gasteiger partial charge in [-0.05, 0) is 29.8 Å². The molecule has 20 heavy (non-hydrogen) atoms. The number of rotatable bonds is 4. The van der Waals surface area contributed by atoms with E-state index in [2.05, 4.69) is 0 Å². The number of hydrogen-bond donors (Lipinski definition) is 1. The summed E-state index contributed by atoms with van der Waals surface area (Å²) in [4.78, 5) is 0. The third-order valence-electron chi connectivity index (χ3n) is 3.01. The van der Waals surface area contributed by atoms with Gasteiger partial charge in [-0.1, -0.05) is 18.2 Å². The molecular formula is C15H13FO4. The molecule has 0 saturated heterocycles. The van der Waals surface area contributed by atoms with Crippen molar-refractivity contribution in [3.8, 4) is 17.2 Å². The van der Waals surface area contributed by atoms with Crippen molar-refractivity contribution >= 4 is 0 Å². The van der Waals surface area contributed by atoms with Crippen molar-refractivity contribution in [3.63, 3.8) is 0 Å². The van der Waals surface area contributed by atoms with Gasteiger partial charge in [0.05, 0.1) is 0 Å². The largest absolute Gasteiger partial charge is 0.487 e. The number of aliphatic hydroxyl groups is 1. The van der Waals surface area contributed by atoms with E-state index in [9.17, 15) is 9.50 Å². The summed E-state index contributed by atoms with van der Waals surface area (Å²) in [6.45, 7) is 0.140. The minimum atomic E-state index is -0.871. The predicted molar refractivity (Wildman–Crippen MR) is 69.4 cm³/mol. The Balaban J connectivity index is 1.67. The Bertz CT molecular complexity index is 615. The number of para-hydroxylation sites is 1. The van der Waals surface area contributed by atoms with Gasteiger partial charge in [0.2, 0.25) is 6.79 Å². The molecule has 0 saturated carbocycles. The Hall–Kier alpha value is -2.27. The van der Waals surface area contributed by atoms with Crippen LogP contribution in [0.15, 0.2) is 42.5 Å². The molecule has 104 valence electrons. The molecule has 0 radical (unpaired) electrons. The van der Waals surface area contributed by atoms with E-state index >= 15 is 0 Å². The fourth-order valence-electron chi connectivity index (χ4n) is 1.95. The number of hydrogen-bond acceptors (Lipinski definition) is 4. The normalized spacial score (nSPS) is 14.1. The van der Waals surface area contributed by atoms with Gasteiger partial charge in [-0.25, -0.2) is 4.39 Å². The minimum Gasteiger partial charge on any atom is -0.487 e. The zero-order valence-corrected chi connectivity index (χ0v) is 10.6. The van der Waals surface area contributed by atoms with Gasteiger partial charge < -0.3 is 19.3 Å². The number of benzene rings is 2. The highest BCUT2D eigenvalue weighted by Gasteiger charge is 2.17.